The summed E-state index contributed by atoms with van der Waals surface area (Å²) in [4.78, 5) is 14.2. The minimum atomic E-state index is 0.601. The van der Waals surface area contributed by atoms with E-state index in [1.54, 1.807) is 0 Å². The minimum Gasteiger partial charge on any atom is -0.249 e. The van der Waals surface area contributed by atoms with Crippen LogP contribution in [0.25, 0.3) is 22.4 Å². The first kappa shape index (κ1) is 14.3. The average molecular weight is 303 g/mol. The van der Waals surface area contributed by atoms with Gasteiger partial charge >= 0.3 is 0 Å². The third kappa shape index (κ3) is 2.83. The molecule has 1 aromatic carbocycles. The summed E-state index contributed by atoms with van der Waals surface area (Å²) in [6.45, 7) is 2.17. The molecule has 3 nitrogen and oxygen atoms in total. The highest BCUT2D eigenvalue weighted by Gasteiger charge is 2.19. The SMILES string of the molecule is Cc1ccc(-c2ncc3ccccc3n2)nc1C1CCCCC1. The molecule has 0 amide bonds. The Kier molecular flexibility index (Phi) is 3.78. The number of fused-ring (bicyclic) bond motifs is 1. The van der Waals surface area contributed by atoms with Crippen LogP contribution in [-0.4, -0.2) is 15.0 Å². The number of nitrogens with zero attached hydrogens (tertiary/aromatic N) is 3. The second kappa shape index (κ2) is 6.07. The van der Waals surface area contributed by atoms with E-state index in [-0.39, 0.29) is 0 Å². The van der Waals surface area contributed by atoms with Gasteiger partial charge < -0.3 is 0 Å². The molecule has 1 fully saturated rings. The summed E-state index contributed by atoms with van der Waals surface area (Å²) < 4.78 is 0. The average Bonchev–Trinajstić information content (AvgIpc) is 2.62. The fourth-order valence-electron chi connectivity index (χ4n) is 3.55. The number of rotatable bonds is 2. The molecule has 0 N–H and O–H groups in total. The van der Waals surface area contributed by atoms with E-state index in [1.165, 1.54) is 43.4 Å². The Balaban J connectivity index is 1.75. The lowest BCUT2D eigenvalue weighted by Gasteiger charge is -2.23. The molecule has 0 spiro atoms. The Morgan fingerprint density at radius 1 is 0.913 bits per heavy atom. The molecule has 116 valence electrons. The molecule has 0 unspecified atom stereocenters. The summed E-state index contributed by atoms with van der Waals surface area (Å²) in [7, 11) is 0. The third-order valence-corrected chi connectivity index (χ3v) is 4.85. The first-order chi connectivity index (χ1) is 11.3. The second-order valence-corrected chi connectivity index (χ2v) is 6.49. The van der Waals surface area contributed by atoms with E-state index in [0.29, 0.717) is 5.92 Å². The largest absolute Gasteiger partial charge is 0.249 e. The van der Waals surface area contributed by atoms with Crippen molar-refractivity contribution in [2.24, 2.45) is 0 Å². The molecule has 1 aliphatic rings. The first-order valence-corrected chi connectivity index (χ1v) is 8.51. The standard InChI is InChI=1S/C20H21N3/c1-14-11-12-18(22-19(14)15-7-3-2-4-8-15)20-21-13-16-9-5-6-10-17(16)23-20/h5-6,9-13,15H,2-4,7-8H2,1H3. The summed E-state index contributed by atoms with van der Waals surface area (Å²) in [5, 5.41) is 1.07. The molecule has 3 aromatic rings. The molecular weight excluding hydrogens is 282 g/mol. The molecule has 0 saturated heterocycles. The van der Waals surface area contributed by atoms with Gasteiger partial charge in [0.15, 0.2) is 5.82 Å². The van der Waals surface area contributed by atoms with E-state index in [1.807, 2.05) is 36.5 Å². The molecule has 23 heavy (non-hydrogen) atoms. The van der Waals surface area contributed by atoms with E-state index in [4.69, 9.17) is 4.98 Å². The smallest absolute Gasteiger partial charge is 0.178 e. The van der Waals surface area contributed by atoms with E-state index < -0.39 is 0 Å². The van der Waals surface area contributed by atoms with Gasteiger partial charge in [0.2, 0.25) is 0 Å². The number of benzene rings is 1. The summed E-state index contributed by atoms with van der Waals surface area (Å²) in [5.41, 5.74) is 4.40. The van der Waals surface area contributed by atoms with Gasteiger partial charge in [0.05, 0.1) is 5.52 Å². The van der Waals surface area contributed by atoms with Gasteiger partial charge in [-0.05, 0) is 37.5 Å². The van der Waals surface area contributed by atoms with Crippen molar-refractivity contribution in [3.05, 3.63) is 53.9 Å². The van der Waals surface area contributed by atoms with Crippen molar-refractivity contribution in [1.29, 1.82) is 0 Å². The molecule has 2 heterocycles. The molecular formula is C20H21N3. The maximum atomic E-state index is 4.95. The van der Waals surface area contributed by atoms with Crippen LogP contribution in [0, 0.1) is 6.92 Å². The molecule has 1 aliphatic carbocycles. The van der Waals surface area contributed by atoms with Crippen molar-refractivity contribution >= 4 is 10.9 Å². The van der Waals surface area contributed by atoms with Crippen LogP contribution in [0.15, 0.2) is 42.6 Å². The lowest BCUT2D eigenvalue weighted by atomic mass is 9.85. The number of aryl methyl sites for hydroxylation is 1. The topological polar surface area (TPSA) is 38.7 Å². The van der Waals surface area contributed by atoms with Crippen molar-refractivity contribution < 1.29 is 0 Å². The van der Waals surface area contributed by atoms with Gasteiger partial charge in [0.1, 0.15) is 5.69 Å². The number of aromatic nitrogens is 3. The monoisotopic (exact) mass is 303 g/mol. The normalized spacial score (nSPS) is 15.9. The molecule has 0 aliphatic heterocycles. The Labute approximate surface area is 136 Å². The van der Waals surface area contributed by atoms with Crippen LogP contribution in [0.4, 0.5) is 0 Å². The van der Waals surface area contributed by atoms with Crippen molar-refractivity contribution in [2.45, 2.75) is 44.9 Å². The van der Waals surface area contributed by atoms with E-state index in [2.05, 4.69) is 23.0 Å². The number of hydrogen-bond donors (Lipinski definition) is 0. The lowest BCUT2D eigenvalue weighted by Crippen LogP contribution is -2.09. The van der Waals surface area contributed by atoms with Crippen LogP contribution in [-0.2, 0) is 0 Å². The second-order valence-electron chi connectivity index (χ2n) is 6.49. The highest BCUT2D eigenvalue weighted by Crippen LogP contribution is 2.34. The molecule has 1 saturated carbocycles. The maximum absolute atomic E-state index is 4.95. The predicted molar refractivity (Wildman–Crippen MR) is 93.3 cm³/mol. The van der Waals surface area contributed by atoms with Gasteiger partial charge in [-0.1, -0.05) is 43.5 Å². The highest BCUT2D eigenvalue weighted by molar-refractivity contribution is 5.79. The molecule has 0 atom stereocenters. The van der Waals surface area contributed by atoms with Crippen LogP contribution < -0.4 is 0 Å². The third-order valence-electron chi connectivity index (χ3n) is 4.85. The van der Waals surface area contributed by atoms with Crippen molar-refractivity contribution in [3.8, 4) is 11.5 Å². The highest BCUT2D eigenvalue weighted by atomic mass is 14.9. The first-order valence-electron chi connectivity index (χ1n) is 8.51. The number of hydrogen-bond acceptors (Lipinski definition) is 3. The molecule has 0 bridgehead atoms. The molecule has 0 radical (unpaired) electrons. The zero-order chi connectivity index (χ0) is 15.6. The van der Waals surface area contributed by atoms with Gasteiger partial charge in [-0.2, -0.15) is 0 Å². The van der Waals surface area contributed by atoms with Crippen LogP contribution in [0.5, 0.6) is 0 Å². The summed E-state index contributed by atoms with van der Waals surface area (Å²) in [6.07, 6.45) is 8.42. The van der Waals surface area contributed by atoms with Crippen molar-refractivity contribution in [1.82, 2.24) is 15.0 Å². The van der Waals surface area contributed by atoms with Crippen LogP contribution in [0.1, 0.15) is 49.3 Å². The minimum absolute atomic E-state index is 0.601. The summed E-state index contributed by atoms with van der Waals surface area (Å²) in [6, 6.07) is 12.3. The molecule has 3 heteroatoms. The molecule has 2 aromatic heterocycles. The van der Waals surface area contributed by atoms with Crippen LogP contribution >= 0.6 is 0 Å². The van der Waals surface area contributed by atoms with Crippen LogP contribution in [0.3, 0.4) is 0 Å². The fraction of sp³-hybridized carbons (Fsp3) is 0.350. The van der Waals surface area contributed by atoms with E-state index >= 15 is 0 Å². The maximum Gasteiger partial charge on any atom is 0.178 e. The predicted octanol–water partition coefficient (Wildman–Crippen LogP) is 5.05. The van der Waals surface area contributed by atoms with Crippen molar-refractivity contribution in [3.63, 3.8) is 0 Å². The van der Waals surface area contributed by atoms with Gasteiger partial charge in [0, 0.05) is 23.2 Å². The lowest BCUT2D eigenvalue weighted by molar-refractivity contribution is 0.435. The Hall–Kier alpha value is -2.29. The van der Waals surface area contributed by atoms with Gasteiger partial charge in [-0.25, -0.2) is 15.0 Å². The Bertz CT molecular complexity index is 835. The molecule has 4 rings (SSSR count). The van der Waals surface area contributed by atoms with Gasteiger partial charge in [-0.15, -0.1) is 0 Å². The Morgan fingerprint density at radius 2 is 1.74 bits per heavy atom. The summed E-state index contributed by atoms with van der Waals surface area (Å²) >= 11 is 0. The number of para-hydroxylation sites is 1. The number of pyridine rings is 1. The zero-order valence-electron chi connectivity index (χ0n) is 13.5. The zero-order valence-corrected chi connectivity index (χ0v) is 13.5. The van der Waals surface area contributed by atoms with Crippen molar-refractivity contribution in [2.75, 3.05) is 0 Å². The van der Waals surface area contributed by atoms with E-state index in [9.17, 15) is 0 Å². The fourth-order valence-corrected chi connectivity index (χ4v) is 3.55. The Morgan fingerprint density at radius 3 is 2.61 bits per heavy atom. The van der Waals surface area contributed by atoms with Gasteiger partial charge in [-0.3, -0.25) is 0 Å². The van der Waals surface area contributed by atoms with Crippen LogP contribution in [0.2, 0.25) is 0 Å². The quantitative estimate of drug-likeness (QED) is 0.665. The van der Waals surface area contributed by atoms with E-state index in [0.717, 1.165) is 22.4 Å². The van der Waals surface area contributed by atoms with Gasteiger partial charge in [0.25, 0.3) is 0 Å². The summed E-state index contributed by atoms with van der Waals surface area (Å²) in [5.74, 6) is 1.32.